The lowest BCUT2D eigenvalue weighted by Gasteiger charge is -2.39. The number of amides is 1. The van der Waals surface area contributed by atoms with E-state index in [4.69, 9.17) is 18.0 Å². The molecule has 1 aromatic rings. The highest BCUT2D eigenvalue weighted by molar-refractivity contribution is 14.1. The van der Waals surface area contributed by atoms with Crippen LogP contribution in [0, 0.1) is 8.99 Å². The number of halogens is 1. The highest BCUT2D eigenvalue weighted by Crippen LogP contribution is 2.42. The van der Waals surface area contributed by atoms with E-state index in [0.717, 1.165) is 28.5 Å². The molecule has 1 aliphatic carbocycles. The van der Waals surface area contributed by atoms with E-state index in [2.05, 4.69) is 27.9 Å². The first-order valence-corrected chi connectivity index (χ1v) is 6.91. The third kappa shape index (κ3) is 2.30. The molecule has 0 saturated heterocycles. The Morgan fingerprint density at radius 2 is 2.06 bits per heavy atom. The molecular formula is C12H13IN2OS. The Hall–Kier alpha value is -0.690. The topological polar surface area (TPSA) is 55.1 Å². The van der Waals surface area contributed by atoms with Gasteiger partial charge in [-0.25, -0.2) is 0 Å². The Balaban J connectivity index is 2.17. The van der Waals surface area contributed by atoms with Crippen LogP contribution in [0.2, 0.25) is 0 Å². The molecule has 2 rings (SSSR count). The molecule has 0 atom stereocenters. The van der Waals surface area contributed by atoms with Crippen LogP contribution in [0.1, 0.15) is 19.3 Å². The highest BCUT2D eigenvalue weighted by atomic mass is 127. The van der Waals surface area contributed by atoms with E-state index in [9.17, 15) is 4.79 Å². The standard InChI is InChI=1S/C12H13IN2OS/c13-8-4-1-2-5-9(8)15-11(16)12(10(14)17)6-3-7-12/h1-2,4-5H,3,6-7H2,(H2,14,17)(H,15,16). The first-order chi connectivity index (χ1) is 8.06. The van der Waals surface area contributed by atoms with Crippen molar-refractivity contribution >= 4 is 51.4 Å². The van der Waals surface area contributed by atoms with Crippen molar-refractivity contribution < 1.29 is 4.79 Å². The number of nitrogens with one attached hydrogen (secondary N) is 1. The van der Waals surface area contributed by atoms with E-state index in [0.29, 0.717) is 4.99 Å². The molecule has 1 fully saturated rings. The number of rotatable bonds is 3. The molecule has 5 heteroatoms. The molecule has 0 aromatic heterocycles. The molecule has 0 spiro atoms. The van der Waals surface area contributed by atoms with Crippen molar-refractivity contribution in [2.24, 2.45) is 11.1 Å². The number of anilines is 1. The number of hydrogen-bond acceptors (Lipinski definition) is 2. The highest BCUT2D eigenvalue weighted by Gasteiger charge is 2.47. The van der Waals surface area contributed by atoms with E-state index < -0.39 is 5.41 Å². The van der Waals surface area contributed by atoms with Gasteiger partial charge < -0.3 is 11.1 Å². The van der Waals surface area contributed by atoms with Crippen LogP contribution < -0.4 is 11.1 Å². The Morgan fingerprint density at radius 3 is 2.53 bits per heavy atom. The first kappa shape index (κ1) is 12.8. The molecule has 0 unspecified atom stereocenters. The molecule has 3 nitrogen and oxygen atoms in total. The summed E-state index contributed by atoms with van der Waals surface area (Å²) in [6.07, 6.45) is 2.53. The maximum absolute atomic E-state index is 12.2. The van der Waals surface area contributed by atoms with Crippen LogP contribution in [0.5, 0.6) is 0 Å². The lowest BCUT2D eigenvalue weighted by molar-refractivity contribution is -0.125. The van der Waals surface area contributed by atoms with Gasteiger partial charge in [-0.1, -0.05) is 30.8 Å². The number of benzene rings is 1. The number of carbonyl (C=O) groups is 1. The summed E-state index contributed by atoms with van der Waals surface area (Å²) in [5, 5.41) is 2.92. The Bertz CT molecular complexity index is 471. The van der Waals surface area contributed by atoms with Crippen molar-refractivity contribution in [1.82, 2.24) is 0 Å². The van der Waals surface area contributed by atoms with Crippen molar-refractivity contribution in [2.45, 2.75) is 19.3 Å². The maximum Gasteiger partial charge on any atom is 0.237 e. The van der Waals surface area contributed by atoms with Crippen molar-refractivity contribution in [1.29, 1.82) is 0 Å². The lowest BCUT2D eigenvalue weighted by Crippen LogP contribution is -2.50. The van der Waals surface area contributed by atoms with Gasteiger partial charge in [-0.3, -0.25) is 4.79 Å². The summed E-state index contributed by atoms with van der Waals surface area (Å²) in [6, 6.07) is 7.66. The zero-order chi connectivity index (χ0) is 12.5. The maximum atomic E-state index is 12.2. The summed E-state index contributed by atoms with van der Waals surface area (Å²) in [7, 11) is 0. The molecular weight excluding hydrogens is 347 g/mol. The van der Waals surface area contributed by atoms with E-state index in [-0.39, 0.29) is 5.91 Å². The Kier molecular flexibility index (Phi) is 3.67. The number of hydrogen-bond donors (Lipinski definition) is 2. The normalized spacial score (nSPS) is 17.0. The van der Waals surface area contributed by atoms with E-state index in [1.807, 2.05) is 24.3 Å². The van der Waals surface area contributed by atoms with Crippen LogP contribution in [0.3, 0.4) is 0 Å². The summed E-state index contributed by atoms with van der Waals surface area (Å²) in [5.74, 6) is -0.0691. The number of carbonyl (C=O) groups excluding carboxylic acids is 1. The van der Waals surface area contributed by atoms with Gasteiger partial charge in [0, 0.05) is 3.57 Å². The second-order valence-electron chi connectivity index (χ2n) is 4.23. The van der Waals surface area contributed by atoms with Gasteiger partial charge in [-0.15, -0.1) is 0 Å². The minimum absolute atomic E-state index is 0.0691. The van der Waals surface area contributed by atoms with Crippen molar-refractivity contribution in [3.05, 3.63) is 27.8 Å². The predicted molar refractivity (Wildman–Crippen MR) is 80.9 cm³/mol. The fourth-order valence-electron chi connectivity index (χ4n) is 1.92. The van der Waals surface area contributed by atoms with Gasteiger partial charge in [0.15, 0.2) is 0 Å². The van der Waals surface area contributed by atoms with Gasteiger partial charge in [-0.2, -0.15) is 0 Å². The van der Waals surface area contributed by atoms with Crippen LogP contribution in [0.4, 0.5) is 5.69 Å². The molecule has 3 N–H and O–H groups in total. The molecule has 1 amide bonds. The van der Waals surface area contributed by atoms with Gasteiger partial charge in [0.1, 0.15) is 0 Å². The third-order valence-electron chi connectivity index (χ3n) is 3.24. The molecule has 1 saturated carbocycles. The molecule has 1 aromatic carbocycles. The molecule has 0 heterocycles. The largest absolute Gasteiger partial charge is 0.392 e. The average molecular weight is 360 g/mol. The number of thiocarbonyl (C=S) groups is 1. The summed E-state index contributed by atoms with van der Waals surface area (Å²) in [4.78, 5) is 12.5. The van der Waals surface area contributed by atoms with E-state index in [1.165, 1.54) is 0 Å². The fraction of sp³-hybridized carbons (Fsp3) is 0.333. The van der Waals surface area contributed by atoms with Gasteiger partial charge >= 0.3 is 0 Å². The minimum Gasteiger partial charge on any atom is -0.392 e. The zero-order valence-corrected chi connectivity index (χ0v) is 12.2. The van der Waals surface area contributed by atoms with Crippen molar-refractivity contribution in [2.75, 3.05) is 5.32 Å². The SMILES string of the molecule is NC(=S)C1(C(=O)Nc2ccccc2I)CCC1. The second kappa shape index (κ2) is 4.89. The minimum atomic E-state index is -0.617. The summed E-state index contributed by atoms with van der Waals surface area (Å²) >= 11 is 7.21. The van der Waals surface area contributed by atoms with Crippen LogP contribution >= 0.6 is 34.8 Å². The van der Waals surface area contributed by atoms with Crippen LogP contribution in [-0.2, 0) is 4.79 Å². The van der Waals surface area contributed by atoms with Crippen LogP contribution in [0.15, 0.2) is 24.3 Å². The third-order valence-corrected chi connectivity index (χ3v) is 4.57. The number of nitrogens with two attached hydrogens (primary N) is 1. The Morgan fingerprint density at radius 1 is 1.41 bits per heavy atom. The average Bonchev–Trinajstić information content (AvgIpc) is 2.19. The zero-order valence-electron chi connectivity index (χ0n) is 9.20. The van der Waals surface area contributed by atoms with Crippen molar-refractivity contribution in [3.63, 3.8) is 0 Å². The van der Waals surface area contributed by atoms with Gasteiger partial charge in [0.2, 0.25) is 5.91 Å². The Labute approximate surface area is 119 Å². The van der Waals surface area contributed by atoms with E-state index >= 15 is 0 Å². The van der Waals surface area contributed by atoms with Crippen molar-refractivity contribution in [3.8, 4) is 0 Å². The summed E-state index contributed by atoms with van der Waals surface area (Å²) in [5.41, 5.74) is 5.90. The first-order valence-electron chi connectivity index (χ1n) is 5.42. The summed E-state index contributed by atoms with van der Waals surface area (Å²) < 4.78 is 1.01. The van der Waals surface area contributed by atoms with Crippen LogP contribution in [-0.4, -0.2) is 10.9 Å². The van der Waals surface area contributed by atoms with E-state index in [1.54, 1.807) is 0 Å². The smallest absolute Gasteiger partial charge is 0.237 e. The molecule has 17 heavy (non-hydrogen) atoms. The molecule has 1 aliphatic rings. The molecule has 0 bridgehead atoms. The fourth-order valence-corrected chi connectivity index (χ4v) is 2.74. The number of para-hydroxylation sites is 1. The molecule has 90 valence electrons. The van der Waals surface area contributed by atoms with Crippen LogP contribution in [0.25, 0.3) is 0 Å². The summed E-state index contributed by atoms with van der Waals surface area (Å²) in [6.45, 7) is 0. The van der Waals surface area contributed by atoms with Gasteiger partial charge in [-0.05, 0) is 47.6 Å². The predicted octanol–water partition coefficient (Wildman–Crippen LogP) is 2.69. The monoisotopic (exact) mass is 360 g/mol. The van der Waals surface area contributed by atoms with Gasteiger partial charge in [0.05, 0.1) is 16.1 Å². The van der Waals surface area contributed by atoms with Gasteiger partial charge in [0.25, 0.3) is 0 Å². The lowest BCUT2D eigenvalue weighted by atomic mass is 9.68. The molecule has 0 radical (unpaired) electrons. The second-order valence-corrected chi connectivity index (χ2v) is 5.84. The molecule has 0 aliphatic heterocycles. The quantitative estimate of drug-likeness (QED) is 0.644.